The van der Waals surface area contributed by atoms with Gasteiger partial charge in [-0.05, 0) is 11.4 Å². The van der Waals surface area contributed by atoms with Crippen molar-refractivity contribution in [1.29, 1.82) is 0 Å². The minimum Gasteiger partial charge on any atom is -0.373 e. The van der Waals surface area contributed by atoms with Crippen molar-refractivity contribution < 1.29 is 0 Å². The Balaban J connectivity index is 2.20. The molecule has 18 heavy (non-hydrogen) atoms. The van der Waals surface area contributed by atoms with E-state index in [9.17, 15) is 0 Å². The molecule has 0 aromatic carbocycles. The minimum atomic E-state index is 0.843. The highest BCUT2D eigenvalue weighted by atomic mass is 32.1. The quantitative estimate of drug-likeness (QED) is 0.899. The molecular formula is C13H18N4S. The zero-order chi connectivity index (χ0) is 13.0. The highest BCUT2D eigenvalue weighted by Crippen LogP contribution is 2.19. The second-order valence-corrected chi connectivity index (χ2v) is 5.10. The van der Waals surface area contributed by atoms with E-state index in [1.54, 1.807) is 11.3 Å². The zero-order valence-corrected chi connectivity index (χ0v) is 11.8. The highest BCUT2D eigenvalue weighted by Gasteiger charge is 2.08. The molecule has 0 bridgehead atoms. The topological polar surface area (TPSA) is 41.1 Å². The van der Waals surface area contributed by atoms with E-state index in [0.29, 0.717) is 0 Å². The fourth-order valence-electron chi connectivity index (χ4n) is 1.68. The lowest BCUT2D eigenvalue weighted by molar-refractivity contribution is 0.868. The van der Waals surface area contributed by atoms with Crippen LogP contribution in [-0.2, 0) is 13.0 Å². The van der Waals surface area contributed by atoms with Crippen molar-refractivity contribution in [3.8, 4) is 0 Å². The molecule has 0 aliphatic heterocycles. The largest absolute Gasteiger partial charge is 0.373 e. The Kier molecular flexibility index (Phi) is 4.15. The molecule has 5 heteroatoms. The molecule has 0 saturated carbocycles. The van der Waals surface area contributed by atoms with Crippen molar-refractivity contribution in [2.24, 2.45) is 0 Å². The number of rotatable bonds is 5. The molecule has 0 spiro atoms. The van der Waals surface area contributed by atoms with E-state index >= 15 is 0 Å². The number of aromatic nitrogens is 2. The Bertz CT molecular complexity index is 473. The molecule has 0 unspecified atom stereocenters. The Morgan fingerprint density at radius 1 is 1.39 bits per heavy atom. The van der Waals surface area contributed by atoms with Gasteiger partial charge in [-0.2, -0.15) is 0 Å². The first kappa shape index (κ1) is 12.8. The van der Waals surface area contributed by atoms with Crippen LogP contribution in [0.4, 0.5) is 11.6 Å². The number of thiophene rings is 1. The maximum Gasteiger partial charge on any atom is 0.134 e. The van der Waals surface area contributed by atoms with Crippen LogP contribution in [0, 0.1) is 0 Å². The molecule has 0 saturated heterocycles. The first-order valence-corrected chi connectivity index (χ1v) is 6.90. The van der Waals surface area contributed by atoms with E-state index in [1.165, 1.54) is 4.88 Å². The van der Waals surface area contributed by atoms with Gasteiger partial charge >= 0.3 is 0 Å². The second-order valence-electron chi connectivity index (χ2n) is 4.07. The van der Waals surface area contributed by atoms with Gasteiger partial charge in [-0.25, -0.2) is 9.97 Å². The van der Waals surface area contributed by atoms with Crippen LogP contribution >= 0.6 is 11.3 Å². The van der Waals surface area contributed by atoms with E-state index in [4.69, 9.17) is 0 Å². The van der Waals surface area contributed by atoms with Crippen LogP contribution in [0.15, 0.2) is 23.6 Å². The molecule has 0 radical (unpaired) electrons. The normalized spacial score (nSPS) is 10.4. The minimum absolute atomic E-state index is 0.843. The summed E-state index contributed by atoms with van der Waals surface area (Å²) in [6, 6.07) is 6.19. The molecule has 96 valence electrons. The average Bonchev–Trinajstić information content (AvgIpc) is 2.90. The van der Waals surface area contributed by atoms with Crippen LogP contribution in [-0.4, -0.2) is 24.1 Å². The first-order valence-electron chi connectivity index (χ1n) is 6.02. The molecule has 4 nitrogen and oxygen atoms in total. The van der Waals surface area contributed by atoms with Crippen LogP contribution < -0.4 is 10.2 Å². The van der Waals surface area contributed by atoms with Crippen LogP contribution in [0.2, 0.25) is 0 Å². The molecule has 2 aromatic rings. The lowest BCUT2D eigenvalue weighted by Gasteiger charge is -2.18. The summed E-state index contributed by atoms with van der Waals surface area (Å²) >= 11 is 1.77. The van der Waals surface area contributed by atoms with Crippen molar-refractivity contribution in [2.75, 3.05) is 24.3 Å². The maximum atomic E-state index is 4.56. The summed E-state index contributed by atoms with van der Waals surface area (Å²) in [7, 11) is 3.94. The Hall–Kier alpha value is -1.62. The molecule has 0 atom stereocenters. The molecule has 2 aromatic heterocycles. The number of nitrogens with zero attached hydrogens (tertiary/aromatic N) is 3. The average molecular weight is 262 g/mol. The van der Waals surface area contributed by atoms with Crippen molar-refractivity contribution in [3.05, 3.63) is 34.3 Å². The third-order valence-electron chi connectivity index (χ3n) is 2.70. The van der Waals surface area contributed by atoms with Gasteiger partial charge in [-0.3, -0.25) is 0 Å². The van der Waals surface area contributed by atoms with Crippen LogP contribution in [0.3, 0.4) is 0 Å². The summed E-state index contributed by atoms with van der Waals surface area (Å²) in [6.45, 7) is 2.94. The standard InChI is InChI=1S/C13H18N4S/c1-4-11-15-12(14-2)8-13(16-11)17(3)9-10-6-5-7-18-10/h5-8H,4,9H2,1-3H3,(H,14,15,16). The lowest BCUT2D eigenvalue weighted by Crippen LogP contribution is -2.18. The maximum absolute atomic E-state index is 4.56. The van der Waals surface area contributed by atoms with Gasteiger partial charge in [-0.15, -0.1) is 11.3 Å². The number of aryl methyl sites for hydroxylation is 1. The second kappa shape index (κ2) is 5.82. The fourth-order valence-corrected chi connectivity index (χ4v) is 2.44. The summed E-state index contributed by atoms with van der Waals surface area (Å²) in [4.78, 5) is 12.4. The molecule has 0 aliphatic rings. The Morgan fingerprint density at radius 2 is 2.22 bits per heavy atom. The van der Waals surface area contributed by atoms with Crippen LogP contribution in [0.1, 0.15) is 17.6 Å². The first-order chi connectivity index (χ1) is 8.72. The van der Waals surface area contributed by atoms with E-state index in [2.05, 4.69) is 51.7 Å². The number of hydrogen-bond donors (Lipinski definition) is 1. The summed E-state index contributed by atoms with van der Waals surface area (Å²) in [5, 5.41) is 5.18. The number of anilines is 2. The van der Waals surface area contributed by atoms with Crippen molar-refractivity contribution in [2.45, 2.75) is 19.9 Å². The predicted molar refractivity (Wildman–Crippen MR) is 77.4 cm³/mol. The third-order valence-corrected chi connectivity index (χ3v) is 3.56. The number of nitrogens with one attached hydrogen (secondary N) is 1. The van der Waals surface area contributed by atoms with Crippen LogP contribution in [0.25, 0.3) is 0 Å². The van der Waals surface area contributed by atoms with E-state index < -0.39 is 0 Å². The fraction of sp³-hybridized carbons (Fsp3) is 0.385. The predicted octanol–water partition coefficient (Wildman–Crippen LogP) is 2.78. The van der Waals surface area contributed by atoms with Gasteiger partial charge in [-0.1, -0.05) is 13.0 Å². The van der Waals surface area contributed by atoms with Gasteiger partial charge in [0.05, 0.1) is 6.54 Å². The smallest absolute Gasteiger partial charge is 0.134 e. The summed E-state index contributed by atoms with van der Waals surface area (Å²) in [6.07, 6.45) is 0.843. The monoisotopic (exact) mass is 262 g/mol. The Labute approximate surface area is 112 Å². The van der Waals surface area contributed by atoms with E-state index in [0.717, 1.165) is 30.4 Å². The van der Waals surface area contributed by atoms with Gasteiger partial charge in [0.15, 0.2) is 0 Å². The molecule has 0 fully saturated rings. The van der Waals surface area contributed by atoms with Crippen molar-refractivity contribution in [1.82, 2.24) is 9.97 Å². The summed E-state index contributed by atoms with van der Waals surface area (Å²) < 4.78 is 0. The van der Waals surface area contributed by atoms with E-state index in [-0.39, 0.29) is 0 Å². The van der Waals surface area contributed by atoms with Crippen molar-refractivity contribution >= 4 is 23.0 Å². The van der Waals surface area contributed by atoms with Gasteiger partial charge in [0, 0.05) is 31.5 Å². The Morgan fingerprint density at radius 3 is 2.83 bits per heavy atom. The molecule has 2 rings (SSSR count). The third kappa shape index (κ3) is 2.98. The van der Waals surface area contributed by atoms with Gasteiger partial charge in [0.2, 0.25) is 0 Å². The number of hydrogen-bond acceptors (Lipinski definition) is 5. The lowest BCUT2D eigenvalue weighted by atomic mass is 10.4. The zero-order valence-electron chi connectivity index (χ0n) is 11.0. The molecule has 2 heterocycles. The van der Waals surface area contributed by atoms with Crippen LogP contribution in [0.5, 0.6) is 0 Å². The van der Waals surface area contributed by atoms with Gasteiger partial charge in [0.25, 0.3) is 0 Å². The molecule has 1 N–H and O–H groups in total. The summed E-state index contributed by atoms with van der Waals surface area (Å²) in [5.41, 5.74) is 0. The van der Waals surface area contributed by atoms with Crippen molar-refractivity contribution in [3.63, 3.8) is 0 Å². The SMILES string of the molecule is CCc1nc(NC)cc(N(C)Cc2cccs2)n1. The highest BCUT2D eigenvalue weighted by molar-refractivity contribution is 7.09. The molecular weight excluding hydrogens is 244 g/mol. The van der Waals surface area contributed by atoms with Gasteiger partial charge < -0.3 is 10.2 Å². The summed E-state index contributed by atoms with van der Waals surface area (Å²) in [5.74, 6) is 2.70. The molecule has 0 aliphatic carbocycles. The molecule has 0 amide bonds. The van der Waals surface area contributed by atoms with E-state index in [1.807, 2.05) is 13.1 Å². The van der Waals surface area contributed by atoms with Gasteiger partial charge in [0.1, 0.15) is 17.5 Å².